The third-order valence-corrected chi connectivity index (χ3v) is 2.87. The van der Waals surface area contributed by atoms with Gasteiger partial charge in [0.15, 0.2) is 0 Å². The third kappa shape index (κ3) is 5.32. The minimum absolute atomic E-state index is 0.121. The second-order valence-corrected chi connectivity index (χ2v) is 5.31. The number of hydrogen-bond donors (Lipinski definition) is 2. The van der Waals surface area contributed by atoms with Crippen molar-refractivity contribution in [2.75, 3.05) is 18.4 Å². The van der Waals surface area contributed by atoms with Crippen molar-refractivity contribution < 1.29 is 14.7 Å². The monoisotopic (exact) mass is 309 g/mol. The average molecular weight is 310 g/mol. The van der Waals surface area contributed by atoms with Gasteiger partial charge in [-0.3, -0.25) is 4.79 Å². The standard InChI is InChI=1S/C14H16ClN3O3/c1-9(2)7-18(8-13(19)20)14(21)17-12-5-10(6-16)3-4-11(12)15/h3-5,9H,7-8H2,1-2H3,(H,17,21)(H,19,20). The number of urea groups is 1. The molecule has 0 saturated heterocycles. The molecule has 0 bridgehead atoms. The molecule has 0 aliphatic heterocycles. The van der Waals surface area contributed by atoms with Gasteiger partial charge in [0.05, 0.1) is 22.3 Å². The van der Waals surface area contributed by atoms with Crippen LogP contribution in [0.25, 0.3) is 0 Å². The van der Waals surface area contributed by atoms with E-state index < -0.39 is 18.5 Å². The van der Waals surface area contributed by atoms with Gasteiger partial charge < -0.3 is 15.3 Å². The summed E-state index contributed by atoms with van der Waals surface area (Å²) in [7, 11) is 0. The number of rotatable bonds is 5. The zero-order valence-electron chi connectivity index (χ0n) is 11.8. The lowest BCUT2D eigenvalue weighted by atomic mass is 10.2. The van der Waals surface area contributed by atoms with E-state index in [1.165, 1.54) is 23.1 Å². The van der Waals surface area contributed by atoms with Crippen molar-refractivity contribution in [1.29, 1.82) is 5.26 Å². The van der Waals surface area contributed by atoms with Crippen molar-refractivity contribution >= 4 is 29.3 Å². The summed E-state index contributed by atoms with van der Waals surface area (Å²) in [6.07, 6.45) is 0. The predicted octanol–water partition coefficient (Wildman–Crippen LogP) is 2.79. The van der Waals surface area contributed by atoms with Crippen molar-refractivity contribution in [2.45, 2.75) is 13.8 Å². The molecule has 112 valence electrons. The van der Waals surface area contributed by atoms with E-state index in [0.717, 1.165) is 0 Å². The predicted molar refractivity (Wildman–Crippen MR) is 79.2 cm³/mol. The fourth-order valence-corrected chi connectivity index (χ4v) is 1.87. The van der Waals surface area contributed by atoms with Crippen molar-refractivity contribution in [2.24, 2.45) is 5.92 Å². The van der Waals surface area contributed by atoms with Gasteiger partial charge in [0.2, 0.25) is 0 Å². The van der Waals surface area contributed by atoms with E-state index in [9.17, 15) is 9.59 Å². The number of nitriles is 1. The zero-order chi connectivity index (χ0) is 16.0. The maximum atomic E-state index is 12.1. The Morgan fingerprint density at radius 1 is 1.48 bits per heavy atom. The van der Waals surface area contributed by atoms with Gasteiger partial charge in [-0.15, -0.1) is 0 Å². The highest BCUT2D eigenvalue weighted by atomic mass is 35.5. The Balaban J connectivity index is 2.90. The van der Waals surface area contributed by atoms with Crippen molar-refractivity contribution in [1.82, 2.24) is 4.90 Å². The van der Waals surface area contributed by atoms with Gasteiger partial charge in [0.1, 0.15) is 6.54 Å². The molecule has 2 N–H and O–H groups in total. The van der Waals surface area contributed by atoms with E-state index in [4.69, 9.17) is 22.0 Å². The van der Waals surface area contributed by atoms with Crippen LogP contribution in [-0.2, 0) is 4.79 Å². The topological polar surface area (TPSA) is 93.4 Å². The van der Waals surface area contributed by atoms with E-state index in [2.05, 4.69) is 5.32 Å². The Morgan fingerprint density at radius 3 is 2.67 bits per heavy atom. The van der Waals surface area contributed by atoms with E-state index in [0.29, 0.717) is 12.1 Å². The fraction of sp³-hybridized carbons (Fsp3) is 0.357. The van der Waals surface area contributed by atoms with Gasteiger partial charge in [-0.2, -0.15) is 5.26 Å². The van der Waals surface area contributed by atoms with Crippen LogP contribution in [0.2, 0.25) is 5.02 Å². The summed E-state index contributed by atoms with van der Waals surface area (Å²) in [5.41, 5.74) is 0.628. The summed E-state index contributed by atoms with van der Waals surface area (Å²) in [6.45, 7) is 3.66. The van der Waals surface area contributed by atoms with Gasteiger partial charge in [0.25, 0.3) is 0 Å². The lowest BCUT2D eigenvalue weighted by molar-refractivity contribution is -0.137. The maximum Gasteiger partial charge on any atom is 0.323 e. The first-order valence-electron chi connectivity index (χ1n) is 6.31. The number of benzene rings is 1. The lowest BCUT2D eigenvalue weighted by Gasteiger charge is -2.23. The van der Waals surface area contributed by atoms with E-state index in [-0.39, 0.29) is 16.6 Å². The minimum atomic E-state index is -1.09. The van der Waals surface area contributed by atoms with Gasteiger partial charge in [-0.25, -0.2) is 4.79 Å². The first-order valence-corrected chi connectivity index (χ1v) is 6.68. The highest BCUT2D eigenvalue weighted by Gasteiger charge is 2.19. The summed E-state index contributed by atoms with van der Waals surface area (Å²) in [4.78, 5) is 24.2. The first kappa shape index (κ1) is 16.8. The van der Waals surface area contributed by atoms with Crippen LogP contribution in [0.5, 0.6) is 0 Å². The molecule has 0 unspecified atom stereocenters. The number of carbonyl (C=O) groups excluding carboxylic acids is 1. The SMILES string of the molecule is CC(C)CN(CC(=O)O)C(=O)Nc1cc(C#N)ccc1Cl. The second-order valence-electron chi connectivity index (χ2n) is 4.90. The summed E-state index contributed by atoms with van der Waals surface area (Å²) >= 11 is 5.95. The molecule has 21 heavy (non-hydrogen) atoms. The molecule has 0 heterocycles. The Labute approximate surface area is 127 Å². The molecule has 0 saturated carbocycles. The summed E-state index contributed by atoms with van der Waals surface area (Å²) in [5.74, 6) is -0.973. The first-order chi connectivity index (χ1) is 9.83. The Bertz CT molecular complexity index is 581. The Hall–Kier alpha value is -2.26. The quantitative estimate of drug-likeness (QED) is 0.874. The van der Waals surface area contributed by atoms with Crippen molar-refractivity contribution in [3.05, 3.63) is 28.8 Å². The van der Waals surface area contributed by atoms with Crippen LogP contribution in [0, 0.1) is 17.2 Å². The Morgan fingerprint density at radius 2 is 2.14 bits per heavy atom. The average Bonchev–Trinajstić information content (AvgIpc) is 2.39. The summed E-state index contributed by atoms with van der Waals surface area (Å²) < 4.78 is 0. The number of nitrogens with one attached hydrogen (secondary N) is 1. The molecular weight excluding hydrogens is 294 g/mol. The van der Waals surface area contributed by atoms with Gasteiger partial charge in [-0.05, 0) is 24.1 Å². The minimum Gasteiger partial charge on any atom is -0.480 e. The van der Waals surface area contributed by atoms with Crippen molar-refractivity contribution in [3.8, 4) is 6.07 Å². The third-order valence-electron chi connectivity index (χ3n) is 2.54. The normalized spacial score (nSPS) is 10.0. The number of aliphatic carboxylic acids is 1. The number of halogens is 1. The molecule has 0 atom stereocenters. The molecule has 0 aromatic heterocycles. The maximum absolute atomic E-state index is 12.1. The van der Waals surface area contributed by atoms with E-state index >= 15 is 0 Å². The summed E-state index contributed by atoms with van der Waals surface area (Å²) in [5, 5.41) is 20.5. The zero-order valence-corrected chi connectivity index (χ0v) is 12.5. The molecule has 0 aliphatic rings. The molecule has 1 aromatic rings. The second kappa shape index (κ2) is 7.50. The Kier molecular flexibility index (Phi) is 6.00. The van der Waals surface area contributed by atoms with Crippen LogP contribution in [0.15, 0.2) is 18.2 Å². The molecular formula is C14H16ClN3O3. The van der Waals surface area contributed by atoms with E-state index in [1.54, 1.807) is 0 Å². The number of carboxylic acid groups (broad SMARTS) is 1. The van der Waals surface area contributed by atoms with Crippen LogP contribution in [0.1, 0.15) is 19.4 Å². The fourth-order valence-electron chi connectivity index (χ4n) is 1.71. The number of carbonyl (C=O) groups is 2. The number of nitrogens with zero attached hydrogens (tertiary/aromatic N) is 2. The number of hydrogen-bond acceptors (Lipinski definition) is 3. The van der Waals surface area contributed by atoms with Crippen LogP contribution >= 0.6 is 11.6 Å². The van der Waals surface area contributed by atoms with Crippen LogP contribution < -0.4 is 5.32 Å². The van der Waals surface area contributed by atoms with Crippen LogP contribution in [0.3, 0.4) is 0 Å². The smallest absolute Gasteiger partial charge is 0.323 e. The van der Waals surface area contributed by atoms with Gasteiger partial charge in [-0.1, -0.05) is 25.4 Å². The molecule has 7 heteroatoms. The largest absolute Gasteiger partial charge is 0.480 e. The highest BCUT2D eigenvalue weighted by molar-refractivity contribution is 6.33. The molecule has 0 aliphatic carbocycles. The van der Waals surface area contributed by atoms with Crippen LogP contribution in [0.4, 0.5) is 10.5 Å². The van der Waals surface area contributed by atoms with Gasteiger partial charge >= 0.3 is 12.0 Å². The molecule has 1 aromatic carbocycles. The molecule has 6 nitrogen and oxygen atoms in total. The van der Waals surface area contributed by atoms with Crippen LogP contribution in [-0.4, -0.2) is 35.1 Å². The van der Waals surface area contributed by atoms with Crippen molar-refractivity contribution in [3.63, 3.8) is 0 Å². The highest BCUT2D eigenvalue weighted by Crippen LogP contribution is 2.23. The molecule has 1 rings (SSSR count). The number of amides is 2. The lowest BCUT2D eigenvalue weighted by Crippen LogP contribution is -2.41. The molecule has 2 amide bonds. The molecule has 0 fully saturated rings. The van der Waals surface area contributed by atoms with E-state index in [1.807, 2.05) is 19.9 Å². The molecule has 0 spiro atoms. The number of carboxylic acids is 1. The van der Waals surface area contributed by atoms with Gasteiger partial charge in [0, 0.05) is 6.54 Å². The molecule has 0 radical (unpaired) electrons. The summed E-state index contributed by atoms with van der Waals surface area (Å²) in [6, 6.07) is 5.84. The number of anilines is 1.